The monoisotopic (exact) mass is 545 g/mol. The van der Waals surface area contributed by atoms with Crippen molar-refractivity contribution in [2.45, 2.75) is 31.7 Å². The molecule has 2 fully saturated rings. The molecular weight excluding hydrogens is 519 g/mol. The number of aromatic nitrogens is 4. The summed E-state index contributed by atoms with van der Waals surface area (Å²) >= 11 is 0. The van der Waals surface area contributed by atoms with Crippen LogP contribution >= 0.6 is 0 Å². The van der Waals surface area contributed by atoms with Crippen molar-refractivity contribution in [1.82, 2.24) is 19.9 Å². The number of methoxy groups -OCH3 is 1. The van der Waals surface area contributed by atoms with Crippen molar-refractivity contribution < 1.29 is 32.2 Å². The van der Waals surface area contributed by atoms with Gasteiger partial charge >= 0.3 is 12.3 Å². The molecule has 14 heteroatoms. The third-order valence-corrected chi connectivity index (χ3v) is 6.54. The Labute approximate surface area is 221 Å². The normalized spacial score (nSPS) is 19.8. The smallest absolute Gasteiger partial charge is 0.434 e. The zero-order valence-electron chi connectivity index (χ0n) is 21.2. The molecule has 2 N–H and O–H groups in total. The van der Waals surface area contributed by atoms with Crippen molar-refractivity contribution in [3.05, 3.63) is 47.8 Å². The van der Waals surface area contributed by atoms with Crippen molar-refractivity contribution in [2.75, 3.05) is 48.9 Å². The molecule has 0 spiro atoms. The van der Waals surface area contributed by atoms with Crippen LogP contribution in [0.2, 0.25) is 0 Å². The summed E-state index contributed by atoms with van der Waals surface area (Å²) in [6.45, 7) is 3.50. The van der Waals surface area contributed by atoms with E-state index in [-0.39, 0.29) is 23.0 Å². The highest BCUT2D eigenvalue weighted by molar-refractivity contribution is 5.90. The van der Waals surface area contributed by atoms with E-state index in [4.69, 9.17) is 19.9 Å². The quantitative estimate of drug-likeness (QED) is 0.488. The Morgan fingerprint density at radius 3 is 2.62 bits per heavy atom. The molecule has 0 radical (unpaired) electrons. The van der Waals surface area contributed by atoms with E-state index < -0.39 is 36.1 Å². The number of benzene rings is 1. The number of anilines is 3. The minimum Gasteiger partial charge on any atom is -0.497 e. The van der Waals surface area contributed by atoms with Crippen LogP contribution in [0.3, 0.4) is 0 Å². The third kappa shape index (κ3) is 5.24. The van der Waals surface area contributed by atoms with E-state index in [2.05, 4.69) is 19.9 Å². The lowest BCUT2D eigenvalue weighted by Crippen LogP contribution is -2.39. The average Bonchev–Trinajstić information content (AvgIpc) is 3.29. The summed E-state index contributed by atoms with van der Waals surface area (Å²) in [5.41, 5.74) is 4.45. The Morgan fingerprint density at radius 1 is 1.15 bits per heavy atom. The van der Waals surface area contributed by atoms with Crippen molar-refractivity contribution in [3.8, 4) is 17.0 Å². The zero-order valence-corrected chi connectivity index (χ0v) is 21.2. The number of hydrogen-bond donors (Lipinski definition) is 1. The van der Waals surface area contributed by atoms with Gasteiger partial charge in [0.05, 0.1) is 32.1 Å². The lowest BCUT2D eigenvalue weighted by molar-refractivity contribution is -0.140. The predicted molar refractivity (Wildman–Crippen MR) is 134 cm³/mol. The number of nitrogen functional groups attached to an aromatic ring is 1. The molecular formula is C25H26F3N7O4. The number of carbonyl (C=O) groups is 1. The number of carbonyl (C=O) groups excluding carboxylic acids is 1. The number of hydrogen-bond acceptors (Lipinski definition) is 10. The summed E-state index contributed by atoms with van der Waals surface area (Å²) in [7, 11) is 1.54. The maximum absolute atomic E-state index is 13.9. The first-order valence-electron chi connectivity index (χ1n) is 12.2. The Bertz CT molecular complexity index is 1370. The predicted octanol–water partition coefficient (Wildman–Crippen LogP) is 3.86. The number of ether oxygens (including phenoxy) is 3. The molecule has 39 heavy (non-hydrogen) atoms. The minimum atomic E-state index is -4.83. The second-order valence-corrected chi connectivity index (χ2v) is 8.93. The van der Waals surface area contributed by atoms with Crippen LogP contribution in [0, 0.1) is 0 Å². The number of nitrogens with two attached hydrogens (primary N) is 1. The molecule has 2 aromatic heterocycles. The van der Waals surface area contributed by atoms with Crippen LogP contribution in [0.25, 0.3) is 11.3 Å². The molecule has 2 atom stereocenters. The number of halogens is 3. The van der Waals surface area contributed by atoms with E-state index >= 15 is 0 Å². The van der Waals surface area contributed by atoms with E-state index in [1.807, 2.05) is 13.0 Å². The standard InChI is InChI=1S/C25H26F3N7O4/c1-3-18-20(14-5-4-6-15(11-14)37-2)39-24(36)35(18)19-12-17(31-23(32-19)34-7-9-38-10-8-34)16-13-30-22(29)33-21(16)25(26,27)28/h4-6,11-13,18,20H,3,7-10H2,1-2H3,(H2,29,30,33)/t18-,20-/m1/s1. The first-order chi connectivity index (χ1) is 18.7. The van der Waals surface area contributed by atoms with Gasteiger partial charge in [-0.2, -0.15) is 18.2 Å². The average molecular weight is 546 g/mol. The minimum absolute atomic E-state index is 0.0914. The number of cyclic esters (lactones) is 1. The fourth-order valence-electron chi connectivity index (χ4n) is 4.67. The van der Waals surface area contributed by atoms with Crippen LogP contribution < -0.4 is 20.3 Å². The Morgan fingerprint density at radius 2 is 1.92 bits per heavy atom. The number of morpholine rings is 1. The number of nitrogens with zero attached hydrogens (tertiary/aromatic N) is 6. The number of rotatable bonds is 6. The first kappa shape index (κ1) is 26.4. The fraction of sp³-hybridized carbons (Fsp3) is 0.400. The van der Waals surface area contributed by atoms with E-state index in [1.165, 1.54) is 18.1 Å². The second-order valence-electron chi connectivity index (χ2n) is 8.93. The third-order valence-electron chi connectivity index (χ3n) is 6.54. The molecule has 0 bridgehead atoms. The van der Waals surface area contributed by atoms with Gasteiger partial charge in [0.1, 0.15) is 17.7 Å². The van der Waals surface area contributed by atoms with Gasteiger partial charge in [0.2, 0.25) is 11.9 Å². The Balaban J connectivity index is 1.63. The Hall–Kier alpha value is -4.20. The van der Waals surface area contributed by atoms with Gasteiger partial charge in [0.15, 0.2) is 5.69 Å². The van der Waals surface area contributed by atoms with Gasteiger partial charge in [0, 0.05) is 30.9 Å². The van der Waals surface area contributed by atoms with Crippen LogP contribution in [0.4, 0.5) is 35.7 Å². The van der Waals surface area contributed by atoms with Crippen LogP contribution in [0.1, 0.15) is 30.7 Å². The number of alkyl halides is 3. The molecule has 206 valence electrons. The van der Waals surface area contributed by atoms with Crippen LogP contribution in [0.15, 0.2) is 36.5 Å². The molecule has 0 unspecified atom stereocenters. The molecule has 1 amide bonds. The maximum atomic E-state index is 13.9. The van der Waals surface area contributed by atoms with Crippen molar-refractivity contribution >= 4 is 23.8 Å². The molecule has 3 aromatic rings. The fourth-order valence-corrected chi connectivity index (χ4v) is 4.67. The first-order valence-corrected chi connectivity index (χ1v) is 12.2. The molecule has 2 saturated heterocycles. The van der Waals surface area contributed by atoms with Gasteiger partial charge in [-0.3, -0.25) is 4.90 Å². The van der Waals surface area contributed by atoms with Crippen LogP contribution in [0.5, 0.6) is 5.75 Å². The molecule has 2 aliphatic heterocycles. The van der Waals surface area contributed by atoms with E-state index in [0.29, 0.717) is 44.0 Å². The van der Waals surface area contributed by atoms with Gasteiger partial charge in [-0.15, -0.1) is 0 Å². The van der Waals surface area contributed by atoms with E-state index in [1.54, 1.807) is 23.1 Å². The molecule has 1 aromatic carbocycles. The highest BCUT2D eigenvalue weighted by Gasteiger charge is 2.44. The summed E-state index contributed by atoms with van der Waals surface area (Å²) in [5.74, 6) is 0.305. The molecule has 11 nitrogen and oxygen atoms in total. The Kier molecular flexibility index (Phi) is 7.12. The van der Waals surface area contributed by atoms with E-state index in [0.717, 1.165) is 6.20 Å². The van der Waals surface area contributed by atoms with Gasteiger partial charge in [0.25, 0.3) is 0 Å². The zero-order chi connectivity index (χ0) is 27.7. The maximum Gasteiger partial charge on any atom is 0.434 e. The highest BCUT2D eigenvalue weighted by atomic mass is 19.4. The summed E-state index contributed by atoms with van der Waals surface area (Å²) in [4.78, 5) is 32.6. The summed E-state index contributed by atoms with van der Waals surface area (Å²) in [5, 5.41) is 0. The van der Waals surface area contributed by atoms with Crippen molar-refractivity contribution in [1.29, 1.82) is 0 Å². The summed E-state index contributed by atoms with van der Waals surface area (Å²) < 4.78 is 58.3. The molecule has 4 heterocycles. The van der Waals surface area contributed by atoms with Gasteiger partial charge in [-0.1, -0.05) is 19.1 Å². The summed E-state index contributed by atoms with van der Waals surface area (Å²) in [6.07, 6.45) is -4.73. The summed E-state index contributed by atoms with van der Waals surface area (Å²) in [6, 6.07) is 7.96. The van der Waals surface area contributed by atoms with Crippen LogP contribution in [-0.2, 0) is 15.7 Å². The largest absolute Gasteiger partial charge is 0.497 e. The van der Waals surface area contributed by atoms with E-state index in [9.17, 15) is 18.0 Å². The van der Waals surface area contributed by atoms with Gasteiger partial charge in [-0.25, -0.2) is 19.7 Å². The van der Waals surface area contributed by atoms with Gasteiger partial charge in [-0.05, 0) is 24.1 Å². The topological polar surface area (TPSA) is 129 Å². The molecule has 5 rings (SSSR count). The molecule has 2 aliphatic rings. The van der Waals surface area contributed by atoms with Crippen LogP contribution in [-0.4, -0.2) is 65.5 Å². The van der Waals surface area contributed by atoms with Gasteiger partial charge < -0.3 is 24.8 Å². The van der Waals surface area contributed by atoms with Crippen molar-refractivity contribution in [3.63, 3.8) is 0 Å². The number of amides is 1. The van der Waals surface area contributed by atoms with Crippen molar-refractivity contribution in [2.24, 2.45) is 0 Å². The second kappa shape index (κ2) is 10.5. The SMILES string of the molecule is CC[C@@H]1[C@@H](c2cccc(OC)c2)OC(=O)N1c1cc(-c2cnc(N)nc2C(F)(F)F)nc(N2CCOCC2)n1. The molecule has 0 aliphatic carbocycles. The highest BCUT2D eigenvalue weighted by Crippen LogP contribution is 2.41. The lowest BCUT2D eigenvalue weighted by atomic mass is 9.99. The lowest BCUT2D eigenvalue weighted by Gasteiger charge is -2.29. The molecule has 0 saturated carbocycles.